The minimum absolute atomic E-state index is 0.0615. The van der Waals surface area contributed by atoms with Crippen molar-refractivity contribution >= 4 is 5.90 Å². The quantitative estimate of drug-likeness (QED) is 0.425. The summed E-state index contributed by atoms with van der Waals surface area (Å²) < 4.78 is 5.01. The van der Waals surface area contributed by atoms with Crippen molar-refractivity contribution in [1.82, 2.24) is 0 Å². The van der Waals surface area contributed by atoms with Crippen molar-refractivity contribution in [3.05, 3.63) is 23.3 Å². The van der Waals surface area contributed by atoms with Crippen LogP contribution < -0.4 is 0 Å². The van der Waals surface area contributed by atoms with Gasteiger partial charge in [0.15, 0.2) is 0 Å². The van der Waals surface area contributed by atoms with Crippen LogP contribution in [0.5, 0.6) is 0 Å². The standard InChI is InChI=1S/C11H19NO2/c1-5-9(2)6-7-10(8-13)11(12-3)14-4/h6-7,13H,5,8H2,1-4H3. The van der Waals surface area contributed by atoms with Gasteiger partial charge in [-0.05, 0) is 13.3 Å². The number of aliphatic imine (C=N–C) groups is 1. The summed E-state index contributed by atoms with van der Waals surface area (Å²) in [5.41, 5.74) is 1.95. The zero-order valence-corrected chi connectivity index (χ0v) is 9.37. The van der Waals surface area contributed by atoms with Crippen LogP contribution in [0.2, 0.25) is 0 Å². The molecule has 14 heavy (non-hydrogen) atoms. The molecule has 0 aromatic carbocycles. The smallest absolute Gasteiger partial charge is 0.213 e. The first-order valence-corrected chi connectivity index (χ1v) is 4.67. The summed E-state index contributed by atoms with van der Waals surface area (Å²) in [6, 6.07) is 0. The van der Waals surface area contributed by atoms with Crippen molar-refractivity contribution in [2.45, 2.75) is 20.3 Å². The van der Waals surface area contributed by atoms with E-state index in [1.807, 2.05) is 19.1 Å². The van der Waals surface area contributed by atoms with Gasteiger partial charge in [-0.2, -0.15) is 0 Å². The fourth-order valence-electron chi connectivity index (χ4n) is 0.918. The predicted molar refractivity (Wildman–Crippen MR) is 59.6 cm³/mol. The molecule has 0 heterocycles. The van der Waals surface area contributed by atoms with Crippen LogP contribution in [0.25, 0.3) is 0 Å². The van der Waals surface area contributed by atoms with Crippen LogP contribution in [0.4, 0.5) is 0 Å². The van der Waals surface area contributed by atoms with Gasteiger partial charge in [0, 0.05) is 12.6 Å². The first-order valence-electron chi connectivity index (χ1n) is 4.67. The Balaban J connectivity index is 4.71. The van der Waals surface area contributed by atoms with Crippen molar-refractivity contribution in [2.75, 3.05) is 20.8 Å². The van der Waals surface area contributed by atoms with Crippen LogP contribution >= 0.6 is 0 Å². The van der Waals surface area contributed by atoms with E-state index in [0.29, 0.717) is 11.5 Å². The van der Waals surface area contributed by atoms with E-state index < -0.39 is 0 Å². The summed E-state index contributed by atoms with van der Waals surface area (Å²) in [5.74, 6) is 0.479. The normalized spacial score (nSPS) is 14.5. The molecule has 1 N–H and O–H groups in total. The lowest BCUT2D eigenvalue weighted by Crippen LogP contribution is -2.08. The summed E-state index contributed by atoms with van der Waals surface area (Å²) >= 11 is 0. The Bertz CT molecular complexity index is 252. The molecule has 0 radical (unpaired) electrons. The van der Waals surface area contributed by atoms with Gasteiger partial charge in [0.25, 0.3) is 0 Å². The highest BCUT2D eigenvalue weighted by molar-refractivity contribution is 5.93. The number of aliphatic hydroxyl groups excluding tert-OH is 1. The van der Waals surface area contributed by atoms with E-state index >= 15 is 0 Å². The monoisotopic (exact) mass is 197 g/mol. The van der Waals surface area contributed by atoms with Gasteiger partial charge in [0.05, 0.1) is 13.7 Å². The molecule has 0 bridgehead atoms. The van der Waals surface area contributed by atoms with E-state index in [1.165, 1.54) is 5.57 Å². The van der Waals surface area contributed by atoms with Crippen molar-refractivity contribution < 1.29 is 9.84 Å². The molecule has 0 aliphatic rings. The first kappa shape index (κ1) is 12.9. The molecule has 0 rings (SSSR count). The molecule has 3 nitrogen and oxygen atoms in total. The van der Waals surface area contributed by atoms with Crippen molar-refractivity contribution in [2.24, 2.45) is 4.99 Å². The largest absolute Gasteiger partial charge is 0.481 e. The number of aliphatic hydroxyl groups is 1. The Kier molecular flexibility index (Phi) is 6.76. The molecule has 0 saturated carbocycles. The first-order chi connectivity index (χ1) is 6.69. The SMILES string of the molecule is CCC(C)=CC=C(CO)C(=NC)OC. The number of nitrogens with zero attached hydrogens (tertiary/aromatic N) is 1. The molecule has 3 heteroatoms. The third kappa shape index (κ3) is 4.23. The van der Waals surface area contributed by atoms with Gasteiger partial charge in [-0.25, -0.2) is 0 Å². The highest BCUT2D eigenvalue weighted by atomic mass is 16.5. The summed E-state index contributed by atoms with van der Waals surface area (Å²) in [6.07, 6.45) is 4.81. The molecule has 0 atom stereocenters. The molecule has 0 aromatic rings. The molecule has 0 fully saturated rings. The second-order valence-electron chi connectivity index (χ2n) is 2.95. The molecule has 0 saturated heterocycles. The van der Waals surface area contributed by atoms with Gasteiger partial charge in [0.2, 0.25) is 5.90 Å². The minimum Gasteiger partial charge on any atom is -0.481 e. The number of allylic oxidation sites excluding steroid dienone is 3. The number of ether oxygens (including phenoxy) is 1. The molecule has 0 aliphatic carbocycles. The summed E-state index contributed by atoms with van der Waals surface area (Å²) in [4.78, 5) is 3.92. The topological polar surface area (TPSA) is 41.8 Å². The molecule has 0 aliphatic heterocycles. The van der Waals surface area contributed by atoms with E-state index in [4.69, 9.17) is 9.84 Å². The minimum atomic E-state index is -0.0615. The van der Waals surface area contributed by atoms with Crippen LogP contribution in [-0.4, -0.2) is 31.8 Å². The van der Waals surface area contributed by atoms with E-state index in [-0.39, 0.29) is 6.61 Å². The van der Waals surface area contributed by atoms with Crippen molar-refractivity contribution in [1.29, 1.82) is 0 Å². The van der Waals surface area contributed by atoms with Crippen LogP contribution in [-0.2, 0) is 4.74 Å². The Hall–Kier alpha value is -1.09. The summed E-state index contributed by atoms with van der Waals surface area (Å²) in [6.45, 7) is 4.07. The number of hydrogen-bond donors (Lipinski definition) is 1. The van der Waals surface area contributed by atoms with Gasteiger partial charge in [-0.3, -0.25) is 4.99 Å². The van der Waals surface area contributed by atoms with Crippen LogP contribution in [0.1, 0.15) is 20.3 Å². The van der Waals surface area contributed by atoms with Crippen LogP contribution in [0.15, 0.2) is 28.3 Å². The number of hydrogen-bond acceptors (Lipinski definition) is 3. The van der Waals surface area contributed by atoms with E-state index in [2.05, 4.69) is 11.9 Å². The highest BCUT2D eigenvalue weighted by Crippen LogP contribution is 2.03. The molecule has 0 unspecified atom stereocenters. The molecular formula is C11H19NO2. The molecule has 80 valence electrons. The van der Waals surface area contributed by atoms with E-state index in [1.54, 1.807) is 14.2 Å². The molecular weight excluding hydrogens is 178 g/mol. The Morgan fingerprint density at radius 1 is 1.43 bits per heavy atom. The van der Waals surface area contributed by atoms with Crippen LogP contribution in [0.3, 0.4) is 0 Å². The predicted octanol–water partition coefficient (Wildman–Crippen LogP) is 1.94. The van der Waals surface area contributed by atoms with Crippen molar-refractivity contribution in [3.63, 3.8) is 0 Å². The lowest BCUT2D eigenvalue weighted by molar-refractivity contribution is 0.325. The van der Waals surface area contributed by atoms with Gasteiger partial charge < -0.3 is 9.84 Å². The summed E-state index contributed by atoms with van der Waals surface area (Å²) in [5, 5.41) is 9.09. The van der Waals surface area contributed by atoms with E-state index in [9.17, 15) is 0 Å². The van der Waals surface area contributed by atoms with E-state index in [0.717, 1.165) is 6.42 Å². The third-order valence-corrected chi connectivity index (χ3v) is 1.97. The molecule has 0 amide bonds. The fraction of sp³-hybridized carbons (Fsp3) is 0.545. The maximum Gasteiger partial charge on any atom is 0.213 e. The highest BCUT2D eigenvalue weighted by Gasteiger charge is 2.03. The molecule has 0 spiro atoms. The number of rotatable bonds is 4. The fourth-order valence-corrected chi connectivity index (χ4v) is 0.918. The van der Waals surface area contributed by atoms with Gasteiger partial charge in [0.1, 0.15) is 0 Å². The van der Waals surface area contributed by atoms with Gasteiger partial charge in [-0.1, -0.05) is 24.6 Å². The van der Waals surface area contributed by atoms with Crippen molar-refractivity contribution in [3.8, 4) is 0 Å². The maximum atomic E-state index is 9.09. The lowest BCUT2D eigenvalue weighted by Gasteiger charge is -2.05. The zero-order chi connectivity index (χ0) is 11.0. The average molecular weight is 197 g/mol. The van der Waals surface area contributed by atoms with Crippen LogP contribution in [0, 0.1) is 0 Å². The Morgan fingerprint density at radius 2 is 2.07 bits per heavy atom. The second kappa shape index (κ2) is 7.33. The molecule has 0 aromatic heterocycles. The number of methoxy groups -OCH3 is 1. The average Bonchev–Trinajstić information content (AvgIpc) is 2.23. The Morgan fingerprint density at radius 3 is 2.43 bits per heavy atom. The van der Waals surface area contributed by atoms with Gasteiger partial charge in [-0.15, -0.1) is 0 Å². The Labute approximate surface area is 85.8 Å². The van der Waals surface area contributed by atoms with Gasteiger partial charge >= 0.3 is 0 Å². The zero-order valence-electron chi connectivity index (χ0n) is 9.37. The third-order valence-electron chi connectivity index (χ3n) is 1.97. The summed E-state index contributed by atoms with van der Waals surface area (Å²) in [7, 11) is 3.18. The maximum absolute atomic E-state index is 9.09. The lowest BCUT2D eigenvalue weighted by atomic mass is 10.2. The second-order valence-corrected chi connectivity index (χ2v) is 2.95.